The lowest BCUT2D eigenvalue weighted by Crippen LogP contribution is -2.02. The van der Waals surface area contributed by atoms with Gasteiger partial charge in [0.2, 0.25) is 0 Å². The van der Waals surface area contributed by atoms with E-state index in [2.05, 4.69) is 10.4 Å². The molecule has 0 amide bonds. The van der Waals surface area contributed by atoms with Crippen LogP contribution in [0.4, 0.5) is 14.5 Å². The van der Waals surface area contributed by atoms with Gasteiger partial charge in [-0.25, -0.2) is 0 Å². The Kier molecular flexibility index (Phi) is 4.42. The summed E-state index contributed by atoms with van der Waals surface area (Å²) in [6.45, 7) is 2.55. The van der Waals surface area contributed by atoms with Crippen LogP contribution < -0.4 is 5.32 Å². The van der Waals surface area contributed by atoms with Crippen LogP contribution in [-0.4, -0.2) is 15.5 Å². The summed E-state index contributed by atoms with van der Waals surface area (Å²) in [5.41, 5.74) is 2.84. The number of nitrogens with zero attached hydrogens (tertiary/aromatic N) is 2. The van der Waals surface area contributed by atoms with E-state index in [9.17, 15) is 8.78 Å². The van der Waals surface area contributed by atoms with E-state index in [4.69, 9.17) is 0 Å². The summed E-state index contributed by atoms with van der Waals surface area (Å²) in [7, 11) is 1.87. The first kappa shape index (κ1) is 13.9. The van der Waals surface area contributed by atoms with E-state index < -0.39 is 5.76 Å². The molecule has 0 saturated heterocycles. The molecule has 0 saturated carbocycles. The van der Waals surface area contributed by atoms with Gasteiger partial charge in [-0.2, -0.15) is 13.9 Å². The van der Waals surface area contributed by atoms with Crippen molar-refractivity contribution >= 4 is 17.4 Å². The maximum atomic E-state index is 12.5. The average molecular weight is 283 g/mol. The van der Waals surface area contributed by atoms with Crippen molar-refractivity contribution in [2.24, 2.45) is 7.05 Å². The predicted molar refractivity (Wildman–Crippen MR) is 73.6 cm³/mol. The summed E-state index contributed by atoms with van der Waals surface area (Å²) in [5.74, 6) is -2.41. The number of thioether (sulfide) groups is 1. The maximum absolute atomic E-state index is 12.5. The van der Waals surface area contributed by atoms with Crippen LogP contribution in [0, 0.1) is 6.92 Å². The van der Waals surface area contributed by atoms with Crippen LogP contribution in [0.2, 0.25) is 0 Å². The van der Waals surface area contributed by atoms with Crippen LogP contribution in [0.1, 0.15) is 11.3 Å². The van der Waals surface area contributed by atoms with Crippen LogP contribution in [-0.2, 0) is 13.6 Å². The Morgan fingerprint density at radius 3 is 2.74 bits per heavy atom. The monoisotopic (exact) mass is 283 g/mol. The van der Waals surface area contributed by atoms with Crippen molar-refractivity contribution in [3.63, 3.8) is 0 Å². The molecule has 1 heterocycles. The quantitative estimate of drug-likeness (QED) is 0.849. The summed E-state index contributed by atoms with van der Waals surface area (Å²) in [4.78, 5) is 0.555. The average Bonchev–Trinajstić information content (AvgIpc) is 2.68. The SMILES string of the molecule is Cc1c(CNc2ccccc2SC(F)F)cnn1C. The van der Waals surface area contributed by atoms with Gasteiger partial charge in [-0.15, -0.1) is 0 Å². The number of nitrogens with one attached hydrogen (secondary N) is 1. The van der Waals surface area contributed by atoms with Crippen LogP contribution in [0.5, 0.6) is 0 Å². The molecule has 2 rings (SSSR count). The van der Waals surface area contributed by atoms with Gasteiger partial charge in [0, 0.05) is 35.4 Å². The van der Waals surface area contributed by atoms with E-state index >= 15 is 0 Å². The molecular weight excluding hydrogens is 268 g/mol. The molecule has 0 unspecified atom stereocenters. The summed E-state index contributed by atoms with van der Waals surface area (Å²) in [5, 5.41) is 7.33. The molecule has 6 heteroatoms. The van der Waals surface area contributed by atoms with Gasteiger partial charge in [-0.1, -0.05) is 23.9 Å². The van der Waals surface area contributed by atoms with Gasteiger partial charge in [-0.05, 0) is 19.1 Å². The van der Waals surface area contributed by atoms with E-state index in [1.54, 1.807) is 29.1 Å². The third-order valence-electron chi connectivity index (χ3n) is 2.91. The second-order valence-corrected chi connectivity index (χ2v) is 5.14. The fraction of sp³-hybridized carbons (Fsp3) is 0.308. The topological polar surface area (TPSA) is 29.9 Å². The van der Waals surface area contributed by atoms with Crippen molar-refractivity contribution in [1.82, 2.24) is 9.78 Å². The number of halogens is 2. The van der Waals surface area contributed by atoms with Crippen LogP contribution >= 0.6 is 11.8 Å². The lowest BCUT2D eigenvalue weighted by Gasteiger charge is -2.11. The van der Waals surface area contributed by atoms with E-state index in [0.717, 1.165) is 16.9 Å². The first-order valence-electron chi connectivity index (χ1n) is 5.83. The van der Waals surface area contributed by atoms with E-state index in [1.807, 2.05) is 20.0 Å². The van der Waals surface area contributed by atoms with Crippen LogP contribution in [0.15, 0.2) is 35.4 Å². The lowest BCUT2D eigenvalue weighted by atomic mass is 10.2. The zero-order valence-corrected chi connectivity index (χ0v) is 11.5. The minimum absolute atomic E-state index is 0.553. The Morgan fingerprint density at radius 1 is 1.37 bits per heavy atom. The standard InChI is InChI=1S/C13H15F2N3S/c1-9-10(8-17-18(9)2)7-16-11-5-3-4-6-12(11)19-13(14)15/h3-6,8,13,16H,7H2,1-2H3. The molecule has 0 bridgehead atoms. The predicted octanol–water partition coefficient (Wildman–Crippen LogP) is 3.66. The number of anilines is 1. The van der Waals surface area contributed by atoms with Crippen molar-refractivity contribution < 1.29 is 8.78 Å². The first-order valence-corrected chi connectivity index (χ1v) is 6.71. The molecule has 2 aromatic rings. The van der Waals surface area contributed by atoms with Crippen molar-refractivity contribution in [2.75, 3.05) is 5.32 Å². The molecule has 3 nitrogen and oxygen atoms in total. The summed E-state index contributed by atoms with van der Waals surface area (Å²) in [6.07, 6.45) is 1.78. The Labute approximate surface area is 115 Å². The number of aryl methyl sites for hydroxylation is 1. The third-order valence-corrected chi connectivity index (χ3v) is 3.70. The molecule has 0 atom stereocenters. The number of para-hydroxylation sites is 1. The van der Waals surface area contributed by atoms with Crippen molar-refractivity contribution in [2.45, 2.75) is 24.1 Å². The van der Waals surface area contributed by atoms with Crippen LogP contribution in [0.25, 0.3) is 0 Å². The molecule has 1 N–H and O–H groups in total. The zero-order chi connectivity index (χ0) is 13.8. The van der Waals surface area contributed by atoms with Gasteiger partial charge >= 0.3 is 0 Å². The summed E-state index contributed by atoms with van der Waals surface area (Å²) in [6, 6.07) is 7.07. The largest absolute Gasteiger partial charge is 0.380 e. The molecule has 19 heavy (non-hydrogen) atoms. The molecule has 1 aromatic carbocycles. The molecule has 0 aliphatic rings. The van der Waals surface area contributed by atoms with Gasteiger partial charge in [0.1, 0.15) is 0 Å². The summed E-state index contributed by atoms with van der Waals surface area (Å²) < 4.78 is 26.7. The highest BCUT2D eigenvalue weighted by molar-refractivity contribution is 7.99. The van der Waals surface area contributed by atoms with Gasteiger partial charge in [0.15, 0.2) is 0 Å². The molecular formula is C13H15F2N3S. The highest BCUT2D eigenvalue weighted by Crippen LogP contribution is 2.31. The number of benzene rings is 1. The normalized spacial score (nSPS) is 11.0. The first-order chi connectivity index (χ1) is 9.08. The molecule has 102 valence electrons. The van der Waals surface area contributed by atoms with Crippen molar-refractivity contribution in [3.05, 3.63) is 41.7 Å². The number of rotatable bonds is 5. The maximum Gasteiger partial charge on any atom is 0.288 e. The van der Waals surface area contributed by atoms with E-state index in [-0.39, 0.29) is 0 Å². The smallest absolute Gasteiger partial charge is 0.288 e. The second kappa shape index (κ2) is 6.06. The Hall–Kier alpha value is -1.56. The fourth-order valence-corrected chi connectivity index (χ4v) is 2.34. The molecule has 0 fully saturated rings. The Balaban J connectivity index is 2.09. The highest BCUT2D eigenvalue weighted by atomic mass is 32.2. The minimum Gasteiger partial charge on any atom is -0.380 e. The van der Waals surface area contributed by atoms with Gasteiger partial charge in [0.05, 0.1) is 6.20 Å². The number of alkyl halides is 2. The third kappa shape index (κ3) is 3.47. The number of hydrogen-bond acceptors (Lipinski definition) is 3. The zero-order valence-electron chi connectivity index (χ0n) is 10.7. The van der Waals surface area contributed by atoms with Crippen molar-refractivity contribution in [3.8, 4) is 0 Å². The molecule has 0 aliphatic carbocycles. The van der Waals surface area contributed by atoms with Gasteiger partial charge in [-0.3, -0.25) is 4.68 Å². The van der Waals surface area contributed by atoms with Gasteiger partial charge < -0.3 is 5.32 Å². The van der Waals surface area contributed by atoms with Crippen LogP contribution in [0.3, 0.4) is 0 Å². The lowest BCUT2D eigenvalue weighted by molar-refractivity contribution is 0.252. The van der Waals surface area contributed by atoms with E-state index in [0.29, 0.717) is 23.2 Å². The number of aromatic nitrogens is 2. The minimum atomic E-state index is -2.41. The molecule has 0 radical (unpaired) electrons. The van der Waals surface area contributed by atoms with E-state index in [1.165, 1.54) is 0 Å². The van der Waals surface area contributed by atoms with Crippen molar-refractivity contribution in [1.29, 1.82) is 0 Å². The number of hydrogen-bond donors (Lipinski definition) is 1. The molecule has 0 spiro atoms. The van der Waals surface area contributed by atoms with Gasteiger partial charge in [0.25, 0.3) is 5.76 Å². The fourth-order valence-electron chi connectivity index (χ4n) is 1.72. The second-order valence-electron chi connectivity index (χ2n) is 4.11. The molecule has 1 aromatic heterocycles. The molecule has 0 aliphatic heterocycles. The highest BCUT2D eigenvalue weighted by Gasteiger charge is 2.10. The summed E-state index contributed by atoms with van der Waals surface area (Å²) >= 11 is 0.553. The Morgan fingerprint density at radius 2 is 2.11 bits per heavy atom. The Bertz CT molecular complexity index is 555.